The minimum absolute atomic E-state index is 0.242. The van der Waals surface area contributed by atoms with Crippen molar-refractivity contribution in [2.24, 2.45) is 5.73 Å². The number of aromatic nitrogens is 1. The minimum Gasteiger partial charge on any atom is -0.326 e. The smallest absolute Gasteiger partial charge is 0.146 e. The first-order valence-corrected chi connectivity index (χ1v) is 6.35. The monoisotopic (exact) mass is 259 g/mol. The normalized spacial score (nSPS) is 10.5. The number of benzene rings is 1. The van der Waals surface area contributed by atoms with E-state index in [1.54, 1.807) is 18.3 Å². The highest BCUT2D eigenvalue weighted by atomic mass is 19.1. The fraction of sp³-hybridized carbons (Fsp3) is 0.267. The van der Waals surface area contributed by atoms with Crippen LogP contribution >= 0.6 is 0 Å². The van der Waals surface area contributed by atoms with E-state index in [1.165, 1.54) is 6.07 Å². The molecule has 1 aromatic heterocycles. The Balaban J connectivity index is 2.46. The van der Waals surface area contributed by atoms with E-state index in [9.17, 15) is 4.39 Å². The summed E-state index contributed by atoms with van der Waals surface area (Å²) in [5.74, 6) is 0.526. The number of pyridine rings is 1. The van der Waals surface area contributed by atoms with Crippen LogP contribution in [0, 0.1) is 12.7 Å². The zero-order valence-electron chi connectivity index (χ0n) is 11.2. The van der Waals surface area contributed by atoms with Crippen molar-refractivity contribution in [2.45, 2.75) is 20.4 Å². The van der Waals surface area contributed by atoms with E-state index in [1.807, 2.05) is 30.9 Å². The highest BCUT2D eigenvalue weighted by Crippen LogP contribution is 2.28. The van der Waals surface area contributed by atoms with Gasteiger partial charge in [0, 0.05) is 19.3 Å². The minimum atomic E-state index is -0.242. The van der Waals surface area contributed by atoms with Gasteiger partial charge in [-0.1, -0.05) is 12.1 Å². The van der Waals surface area contributed by atoms with Gasteiger partial charge < -0.3 is 10.6 Å². The summed E-state index contributed by atoms with van der Waals surface area (Å²) in [5.41, 5.74) is 8.11. The summed E-state index contributed by atoms with van der Waals surface area (Å²) in [6, 6.07) is 8.72. The molecule has 1 heterocycles. The SMILES string of the molecule is CCN(c1ccccc1F)c1ncc(CN)cc1C. The van der Waals surface area contributed by atoms with Gasteiger partial charge in [-0.05, 0) is 43.2 Å². The molecule has 4 heteroatoms. The summed E-state index contributed by atoms with van der Waals surface area (Å²) in [4.78, 5) is 6.28. The summed E-state index contributed by atoms with van der Waals surface area (Å²) in [6.07, 6.45) is 1.74. The molecule has 2 N–H and O–H groups in total. The highest BCUT2D eigenvalue weighted by Gasteiger charge is 2.14. The van der Waals surface area contributed by atoms with E-state index >= 15 is 0 Å². The first kappa shape index (κ1) is 13.5. The fourth-order valence-electron chi connectivity index (χ4n) is 2.12. The van der Waals surface area contributed by atoms with Gasteiger partial charge in [0.1, 0.15) is 11.6 Å². The van der Waals surface area contributed by atoms with Crippen molar-refractivity contribution < 1.29 is 4.39 Å². The van der Waals surface area contributed by atoms with Gasteiger partial charge in [-0.2, -0.15) is 0 Å². The van der Waals surface area contributed by atoms with Crippen molar-refractivity contribution in [3.63, 3.8) is 0 Å². The molecule has 0 saturated heterocycles. The maximum absolute atomic E-state index is 13.9. The lowest BCUT2D eigenvalue weighted by Gasteiger charge is -2.24. The first-order chi connectivity index (χ1) is 9.17. The second kappa shape index (κ2) is 5.80. The van der Waals surface area contributed by atoms with Gasteiger partial charge in [-0.25, -0.2) is 9.37 Å². The van der Waals surface area contributed by atoms with E-state index in [4.69, 9.17) is 5.73 Å². The van der Waals surface area contributed by atoms with Crippen molar-refractivity contribution in [1.82, 2.24) is 4.98 Å². The first-order valence-electron chi connectivity index (χ1n) is 6.35. The van der Waals surface area contributed by atoms with Crippen LogP contribution < -0.4 is 10.6 Å². The van der Waals surface area contributed by atoms with Gasteiger partial charge in [-0.15, -0.1) is 0 Å². The number of rotatable bonds is 4. The molecule has 2 aromatic rings. The number of halogens is 1. The van der Waals surface area contributed by atoms with Crippen LogP contribution in [-0.4, -0.2) is 11.5 Å². The molecule has 0 atom stereocenters. The maximum atomic E-state index is 13.9. The van der Waals surface area contributed by atoms with Crippen LogP contribution in [-0.2, 0) is 6.54 Å². The molecule has 0 radical (unpaired) electrons. The molecule has 0 saturated carbocycles. The van der Waals surface area contributed by atoms with Gasteiger partial charge >= 0.3 is 0 Å². The maximum Gasteiger partial charge on any atom is 0.146 e. The number of hydrogen-bond donors (Lipinski definition) is 1. The Morgan fingerprint density at radius 3 is 2.63 bits per heavy atom. The summed E-state index contributed by atoms with van der Waals surface area (Å²) in [7, 11) is 0. The van der Waals surface area contributed by atoms with E-state index in [0.717, 1.165) is 16.9 Å². The van der Waals surface area contributed by atoms with E-state index in [0.29, 0.717) is 18.8 Å². The summed E-state index contributed by atoms with van der Waals surface area (Å²) in [5, 5.41) is 0. The van der Waals surface area contributed by atoms with Crippen LogP contribution in [0.1, 0.15) is 18.1 Å². The lowest BCUT2D eigenvalue weighted by Crippen LogP contribution is -2.20. The Bertz CT molecular complexity index is 569. The van der Waals surface area contributed by atoms with Crippen LogP contribution in [0.25, 0.3) is 0 Å². The molecular formula is C15H18FN3. The predicted octanol–water partition coefficient (Wildman–Crippen LogP) is 3.15. The average molecular weight is 259 g/mol. The van der Waals surface area contributed by atoms with Crippen LogP contribution in [0.2, 0.25) is 0 Å². The Hall–Kier alpha value is -1.94. The van der Waals surface area contributed by atoms with Crippen LogP contribution in [0.3, 0.4) is 0 Å². The number of nitrogens with zero attached hydrogens (tertiary/aromatic N) is 2. The zero-order chi connectivity index (χ0) is 13.8. The molecule has 100 valence electrons. The van der Waals surface area contributed by atoms with E-state index in [2.05, 4.69) is 4.98 Å². The Labute approximate surface area is 112 Å². The van der Waals surface area contributed by atoms with Crippen LogP contribution in [0.4, 0.5) is 15.9 Å². The topological polar surface area (TPSA) is 42.2 Å². The predicted molar refractivity (Wildman–Crippen MR) is 75.9 cm³/mol. The quantitative estimate of drug-likeness (QED) is 0.917. The van der Waals surface area contributed by atoms with Gasteiger partial charge in [0.2, 0.25) is 0 Å². The molecule has 3 nitrogen and oxygen atoms in total. The van der Waals surface area contributed by atoms with Crippen LogP contribution in [0.15, 0.2) is 36.5 Å². The molecule has 19 heavy (non-hydrogen) atoms. The number of hydrogen-bond acceptors (Lipinski definition) is 3. The Morgan fingerprint density at radius 1 is 1.32 bits per heavy atom. The Morgan fingerprint density at radius 2 is 2.05 bits per heavy atom. The molecule has 0 fully saturated rings. The zero-order valence-corrected chi connectivity index (χ0v) is 11.2. The van der Waals surface area contributed by atoms with E-state index in [-0.39, 0.29) is 5.82 Å². The third-order valence-electron chi connectivity index (χ3n) is 3.06. The molecule has 1 aromatic carbocycles. The molecule has 0 unspecified atom stereocenters. The lowest BCUT2D eigenvalue weighted by molar-refractivity contribution is 0.625. The molecular weight excluding hydrogens is 241 g/mol. The molecule has 0 spiro atoms. The highest BCUT2D eigenvalue weighted by molar-refractivity contribution is 5.63. The molecule has 2 rings (SSSR count). The van der Waals surface area contributed by atoms with Crippen molar-refractivity contribution in [3.8, 4) is 0 Å². The Kier molecular flexibility index (Phi) is 4.12. The summed E-state index contributed by atoms with van der Waals surface area (Å²) < 4.78 is 13.9. The van der Waals surface area contributed by atoms with Gasteiger partial charge in [0.15, 0.2) is 0 Å². The molecule has 0 bridgehead atoms. The number of aryl methyl sites for hydroxylation is 1. The third-order valence-corrected chi connectivity index (χ3v) is 3.06. The number of nitrogens with two attached hydrogens (primary N) is 1. The van der Waals surface area contributed by atoms with Crippen LogP contribution in [0.5, 0.6) is 0 Å². The number of para-hydroxylation sites is 1. The molecule has 0 aliphatic heterocycles. The standard InChI is InChI=1S/C15H18FN3/c1-3-19(14-7-5-4-6-13(14)16)15-11(2)8-12(9-17)10-18-15/h4-8,10H,3,9,17H2,1-2H3. The van der Waals surface area contributed by atoms with Gasteiger partial charge in [0.25, 0.3) is 0 Å². The van der Waals surface area contributed by atoms with Crippen molar-refractivity contribution in [1.29, 1.82) is 0 Å². The molecule has 0 aliphatic rings. The van der Waals surface area contributed by atoms with Gasteiger partial charge in [-0.3, -0.25) is 0 Å². The third kappa shape index (κ3) is 2.74. The summed E-state index contributed by atoms with van der Waals surface area (Å²) >= 11 is 0. The molecule has 0 aliphatic carbocycles. The molecule has 0 amide bonds. The average Bonchev–Trinajstić information content (AvgIpc) is 2.43. The summed E-state index contributed by atoms with van der Waals surface area (Å²) in [6.45, 7) is 5.05. The number of anilines is 2. The van der Waals surface area contributed by atoms with Crippen molar-refractivity contribution in [3.05, 3.63) is 53.5 Å². The van der Waals surface area contributed by atoms with Crippen molar-refractivity contribution in [2.75, 3.05) is 11.4 Å². The fourth-order valence-corrected chi connectivity index (χ4v) is 2.12. The van der Waals surface area contributed by atoms with Crippen molar-refractivity contribution >= 4 is 11.5 Å². The lowest BCUT2D eigenvalue weighted by atomic mass is 10.2. The largest absolute Gasteiger partial charge is 0.326 e. The van der Waals surface area contributed by atoms with E-state index < -0.39 is 0 Å². The second-order valence-electron chi connectivity index (χ2n) is 4.38. The van der Waals surface area contributed by atoms with Gasteiger partial charge in [0.05, 0.1) is 5.69 Å². The second-order valence-corrected chi connectivity index (χ2v) is 4.38.